The maximum Gasteiger partial charge on any atom is 0.338 e. The normalized spacial score (nSPS) is 10.8. The predicted octanol–water partition coefficient (Wildman–Crippen LogP) is 4.08. The van der Waals surface area contributed by atoms with Gasteiger partial charge in [0.1, 0.15) is 0 Å². The molecular formula is C17H14ClN3O4. The molecule has 0 saturated heterocycles. The van der Waals surface area contributed by atoms with Gasteiger partial charge in [0.05, 0.1) is 10.5 Å². The molecule has 1 aromatic heterocycles. The maximum atomic E-state index is 11.3. The van der Waals surface area contributed by atoms with Gasteiger partial charge in [-0.05, 0) is 30.2 Å². The first-order valence-corrected chi connectivity index (χ1v) is 7.84. The molecule has 0 aliphatic carbocycles. The molecule has 0 saturated carbocycles. The van der Waals surface area contributed by atoms with E-state index in [0.29, 0.717) is 23.7 Å². The smallest absolute Gasteiger partial charge is 0.338 e. The lowest BCUT2D eigenvalue weighted by Gasteiger charge is -2.09. The van der Waals surface area contributed by atoms with Crippen molar-refractivity contribution in [2.24, 2.45) is 0 Å². The zero-order valence-corrected chi connectivity index (χ0v) is 13.7. The highest BCUT2D eigenvalue weighted by Gasteiger charge is 2.16. The van der Waals surface area contributed by atoms with Crippen LogP contribution in [0.1, 0.15) is 15.9 Å². The first kappa shape index (κ1) is 16.8. The van der Waals surface area contributed by atoms with Gasteiger partial charge in [-0.1, -0.05) is 17.7 Å². The van der Waals surface area contributed by atoms with Crippen molar-refractivity contribution in [2.75, 3.05) is 11.9 Å². The molecule has 0 radical (unpaired) electrons. The Morgan fingerprint density at radius 3 is 2.80 bits per heavy atom. The summed E-state index contributed by atoms with van der Waals surface area (Å²) in [7, 11) is 0. The molecule has 0 spiro atoms. The van der Waals surface area contributed by atoms with Crippen LogP contribution in [0.5, 0.6) is 0 Å². The van der Waals surface area contributed by atoms with Crippen molar-refractivity contribution in [3.05, 3.63) is 68.9 Å². The first-order valence-electron chi connectivity index (χ1n) is 7.47. The lowest BCUT2D eigenvalue weighted by Crippen LogP contribution is -2.10. The number of aromatic amines is 1. The number of nitrogens with one attached hydrogen (secondary N) is 2. The molecule has 0 unspecified atom stereocenters. The Hall–Kier alpha value is -3.06. The van der Waals surface area contributed by atoms with E-state index in [1.54, 1.807) is 0 Å². The number of nitrogens with zero attached hydrogens (tertiary/aromatic N) is 1. The zero-order valence-electron chi connectivity index (χ0n) is 13.0. The number of carbonyl (C=O) groups is 1. The van der Waals surface area contributed by atoms with E-state index in [2.05, 4.69) is 10.3 Å². The number of hydrogen-bond donors (Lipinski definition) is 3. The molecule has 0 aliphatic heterocycles. The number of nitro benzene ring substituents is 1. The molecule has 7 nitrogen and oxygen atoms in total. The van der Waals surface area contributed by atoms with E-state index in [1.807, 2.05) is 24.4 Å². The van der Waals surface area contributed by atoms with Crippen molar-refractivity contribution in [1.82, 2.24) is 4.98 Å². The van der Waals surface area contributed by atoms with Gasteiger partial charge in [0, 0.05) is 46.5 Å². The Labute approximate surface area is 147 Å². The van der Waals surface area contributed by atoms with Crippen molar-refractivity contribution >= 4 is 39.8 Å². The lowest BCUT2D eigenvalue weighted by atomic mass is 10.1. The number of fused-ring (bicyclic) bond motifs is 1. The summed E-state index contributed by atoms with van der Waals surface area (Å²) in [5, 5.41) is 24.8. The van der Waals surface area contributed by atoms with Gasteiger partial charge in [0.15, 0.2) is 0 Å². The average molecular weight is 360 g/mol. The zero-order chi connectivity index (χ0) is 18.0. The third-order valence-electron chi connectivity index (χ3n) is 3.88. The van der Waals surface area contributed by atoms with Crippen LogP contribution in [0.15, 0.2) is 42.6 Å². The number of aromatic carboxylic acids is 1. The summed E-state index contributed by atoms with van der Waals surface area (Å²) in [5.74, 6) is -1.21. The fourth-order valence-electron chi connectivity index (χ4n) is 2.67. The highest BCUT2D eigenvalue weighted by Crippen LogP contribution is 2.24. The second-order valence-electron chi connectivity index (χ2n) is 5.47. The molecule has 3 N–H and O–H groups in total. The molecule has 0 bridgehead atoms. The summed E-state index contributed by atoms with van der Waals surface area (Å²) in [4.78, 5) is 24.6. The van der Waals surface area contributed by atoms with Crippen LogP contribution in [0.4, 0.5) is 11.4 Å². The Bertz CT molecular complexity index is 968. The van der Waals surface area contributed by atoms with Crippen molar-refractivity contribution in [1.29, 1.82) is 0 Å². The van der Waals surface area contributed by atoms with Gasteiger partial charge >= 0.3 is 5.97 Å². The monoisotopic (exact) mass is 359 g/mol. The van der Waals surface area contributed by atoms with Crippen molar-refractivity contribution in [2.45, 2.75) is 6.42 Å². The molecule has 3 rings (SSSR count). The van der Waals surface area contributed by atoms with Crippen LogP contribution in [0.25, 0.3) is 10.9 Å². The Kier molecular flexibility index (Phi) is 4.58. The summed E-state index contributed by atoms with van der Waals surface area (Å²) >= 11 is 5.96. The number of carboxylic acids is 1. The van der Waals surface area contributed by atoms with Crippen LogP contribution >= 0.6 is 11.6 Å². The SMILES string of the molecule is O=C(O)c1cc([N+](=O)[O-])ccc1NCCc1c[nH]c2cc(Cl)ccc12. The minimum atomic E-state index is -1.21. The predicted molar refractivity (Wildman–Crippen MR) is 95.6 cm³/mol. The molecule has 0 atom stereocenters. The number of hydrogen-bond acceptors (Lipinski definition) is 4. The number of benzene rings is 2. The number of halogens is 1. The molecule has 0 aliphatic rings. The van der Waals surface area contributed by atoms with E-state index < -0.39 is 10.9 Å². The van der Waals surface area contributed by atoms with Crippen LogP contribution in [-0.4, -0.2) is 27.5 Å². The highest BCUT2D eigenvalue weighted by atomic mass is 35.5. The topological polar surface area (TPSA) is 108 Å². The van der Waals surface area contributed by atoms with Gasteiger partial charge in [0.2, 0.25) is 0 Å². The van der Waals surface area contributed by atoms with Gasteiger partial charge in [-0.3, -0.25) is 10.1 Å². The molecule has 3 aromatic rings. The van der Waals surface area contributed by atoms with E-state index >= 15 is 0 Å². The van der Waals surface area contributed by atoms with E-state index in [1.165, 1.54) is 12.1 Å². The number of anilines is 1. The van der Waals surface area contributed by atoms with Gasteiger partial charge in [0.25, 0.3) is 5.69 Å². The summed E-state index contributed by atoms with van der Waals surface area (Å²) in [5.41, 5.74) is 1.97. The molecule has 0 fully saturated rings. The maximum absolute atomic E-state index is 11.3. The second kappa shape index (κ2) is 6.82. The van der Waals surface area contributed by atoms with Crippen LogP contribution < -0.4 is 5.32 Å². The summed E-state index contributed by atoms with van der Waals surface area (Å²) < 4.78 is 0. The molecule has 8 heteroatoms. The minimum Gasteiger partial charge on any atom is -0.478 e. The number of non-ortho nitro benzene ring substituents is 1. The lowest BCUT2D eigenvalue weighted by molar-refractivity contribution is -0.384. The van der Waals surface area contributed by atoms with E-state index in [4.69, 9.17) is 11.6 Å². The van der Waals surface area contributed by atoms with Gasteiger partial charge in [-0.15, -0.1) is 0 Å². The number of nitro groups is 1. The summed E-state index contributed by atoms with van der Waals surface area (Å²) in [6.07, 6.45) is 2.54. The minimum absolute atomic E-state index is 0.125. The van der Waals surface area contributed by atoms with Crippen LogP contribution in [0.2, 0.25) is 5.02 Å². The van der Waals surface area contributed by atoms with Crippen LogP contribution in [0, 0.1) is 10.1 Å². The quantitative estimate of drug-likeness (QED) is 0.454. The number of rotatable bonds is 6. The van der Waals surface area contributed by atoms with Crippen molar-refractivity contribution in [3.8, 4) is 0 Å². The van der Waals surface area contributed by atoms with Crippen LogP contribution in [0.3, 0.4) is 0 Å². The molecule has 0 amide bonds. The third kappa shape index (κ3) is 3.56. The summed E-state index contributed by atoms with van der Waals surface area (Å²) in [6, 6.07) is 9.33. The number of carboxylic acid groups (broad SMARTS) is 1. The highest BCUT2D eigenvalue weighted by molar-refractivity contribution is 6.31. The molecule has 25 heavy (non-hydrogen) atoms. The second-order valence-corrected chi connectivity index (χ2v) is 5.91. The standard InChI is InChI=1S/C17H14ClN3O4/c18-11-1-3-13-10(9-20-16(13)7-11)5-6-19-15-4-2-12(21(24)25)8-14(15)17(22)23/h1-4,7-9,19-20H,5-6H2,(H,22,23). The van der Waals surface area contributed by atoms with Gasteiger partial charge in [-0.25, -0.2) is 4.79 Å². The van der Waals surface area contributed by atoms with E-state index in [-0.39, 0.29) is 11.3 Å². The first-order chi connectivity index (χ1) is 12.0. The van der Waals surface area contributed by atoms with Crippen LogP contribution in [-0.2, 0) is 6.42 Å². The summed E-state index contributed by atoms with van der Waals surface area (Å²) in [6.45, 7) is 0.480. The Balaban J connectivity index is 1.75. The van der Waals surface area contributed by atoms with Crippen molar-refractivity contribution < 1.29 is 14.8 Å². The van der Waals surface area contributed by atoms with E-state index in [0.717, 1.165) is 22.5 Å². The fraction of sp³-hybridized carbons (Fsp3) is 0.118. The average Bonchev–Trinajstić information content (AvgIpc) is 2.96. The number of aromatic nitrogens is 1. The van der Waals surface area contributed by atoms with Gasteiger partial charge < -0.3 is 15.4 Å². The molecule has 2 aromatic carbocycles. The number of H-pyrrole nitrogens is 1. The third-order valence-corrected chi connectivity index (χ3v) is 4.12. The molecular weight excluding hydrogens is 346 g/mol. The van der Waals surface area contributed by atoms with Gasteiger partial charge in [-0.2, -0.15) is 0 Å². The molecule has 1 heterocycles. The van der Waals surface area contributed by atoms with Crippen molar-refractivity contribution in [3.63, 3.8) is 0 Å². The fourth-order valence-corrected chi connectivity index (χ4v) is 2.85. The largest absolute Gasteiger partial charge is 0.478 e. The Morgan fingerprint density at radius 1 is 1.28 bits per heavy atom. The molecule has 128 valence electrons. The van der Waals surface area contributed by atoms with E-state index in [9.17, 15) is 20.0 Å². The Morgan fingerprint density at radius 2 is 2.08 bits per heavy atom.